The Hall–Kier alpha value is -3.17. The third kappa shape index (κ3) is 4.38. The van der Waals surface area contributed by atoms with Crippen LogP contribution < -0.4 is 24.3 Å². The van der Waals surface area contributed by atoms with Crippen molar-refractivity contribution in [3.8, 4) is 23.0 Å². The highest BCUT2D eigenvalue weighted by atomic mass is 79.9. The van der Waals surface area contributed by atoms with Crippen LogP contribution in [0.1, 0.15) is 21.6 Å². The average Bonchev–Trinajstić information content (AvgIpc) is 3.52. The number of hydrogen-bond acceptors (Lipinski definition) is 6. The predicted molar refractivity (Wildman–Crippen MR) is 130 cm³/mol. The van der Waals surface area contributed by atoms with Gasteiger partial charge < -0.3 is 28.8 Å². The number of ether oxygens (including phenoxy) is 4. The van der Waals surface area contributed by atoms with Crippen LogP contribution in [0.5, 0.6) is 23.0 Å². The van der Waals surface area contributed by atoms with Gasteiger partial charge in [-0.25, -0.2) is 0 Å². The Bertz CT molecular complexity index is 1320. The van der Waals surface area contributed by atoms with E-state index in [1.807, 2.05) is 53.1 Å². The minimum atomic E-state index is -0.151. The number of fused-ring (bicyclic) bond motifs is 2. The summed E-state index contributed by atoms with van der Waals surface area (Å²) in [5, 5.41) is 3.03. The molecule has 1 N–H and O–H groups in total. The second-order valence-electron chi connectivity index (χ2n) is 7.51. The van der Waals surface area contributed by atoms with Gasteiger partial charge in [-0.15, -0.1) is 11.3 Å². The van der Waals surface area contributed by atoms with Gasteiger partial charge in [-0.2, -0.15) is 0 Å². The highest BCUT2D eigenvalue weighted by Gasteiger charge is 2.19. The second-order valence-corrected chi connectivity index (χ2v) is 9.97. The lowest BCUT2D eigenvalue weighted by molar-refractivity contribution is 0.0942. The van der Waals surface area contributed by atoms with Crippen molar-refractivity contribution in [3.63, 3.8) is 0 Å². The van der Waals surface area contributed by atoms with E-state index < -0.39 is 0 Å². The SMILES string of the molecule is COc1cc(Cn2c(C(=O)NCc3ccc4c(c3)OCO4)cc3sc(Br)cc32)cc(OC)c1. The van der Waals surface area contributed by atoms with E-state index in [1.54, 1.807) is 25.6 Å². The van der Waals surface area contributed by atoms with Gasteiger partial charge in [-0.1, -0.05) is 6.07 Å². The number of rotatable bonds is 7. The maximum Gasteiger partial charge on any atom is 0.268 e. The van der Waals surface area contributed by atoms with Crippen molar-refractivity contribution in [2.75, 3.05) is 21.0 Å². The minimum absolute atomic E-state index is 0.151. The first kappa shape index (κ1) is 21.7. The molecule has 0 bridgehead atoms. The number of thiophene rings is 1. The van der Waals surface area contributed by atoms with Crippen LogP contribution in [0.4, 0.5) is 0 Å². The fourth-order valence-electron chi connectivity index (χ4n) is 3.83. The molecular weight excluding hydrogens is 508 g/mol. The Balaban J connectivity index is 1.43. The van der Waals surface area contributed by atoms with Crippen molar-refractivity contribution >= 4 is 43.4 Å². The van der Waals surface area contributed by atoms with Crippen LogP contribution >= 0.6 is 27.3 Å². The molecule has 2 aromatic carbocycles. The van der Waals surface area contributed by atoms with Crippen LogP contribution in [-0.4, -0.2) is 31.5 Å². The van der Waals surface area contributed by atoms with E-state index >= 15 is 0 Å². The Morgan fingerprint density at radius 2 is 1.79 bits per heavy atom. The Morgan fingerprint density at radius 1 is 1.03 bits per heavy atom. The Labute approximate surface area is 203 Å². The molecule has 9 heteroatoms. The zero-order chi connectivity index (χ0) is 22.9. The first-order valence-electron chi connectivity index (χ1n) is 10.2. The van der Waals surface area contributed by atoms with E-state index in [0.717, 1.165) is 30.9 Å². The topological polar surface area (TPSA) is 71.0 Å². The molecule has 0 radical (unpaired) electrons. The molecule has 5 rings (SSSR count). The number of carbonyl (C=O) groups excluding carboxylic acids is 1. The maximum absolute atomic E-state index is 13.2. The molecule has 33 heavy (non-hydrogen) atoms. The highest BCUT2D eigenvalue weighted by Crippen LogP contribution is 2.34. The third-order valence-electron chi connectivity index (χ3n) is 5.43. The summed E-state index contributed by atoms with van der Waals surface area (Å²) in [5.41, 5.74) is 3.48. The third-order valence-corrected chi connectivity index (χ3v) is 7.01. The van der Waals surface area contributed by atoms with Crippen LogP contribution in [0.3, 0.4) is 0 Å². The number of benzene rings is 2. The van der Waals surface area contributed by atoms with Gasteiger partial charge in [0.15, 0.2) is 11.5 Å². The van der Waals surface area contributed by atoms with Crippen molar-refractivity contribution in [2.24, 2.45) is 0 Å². The molecular formula is C24H21BrN2O5S. The normalized spacial score (nSPS) is 12.2. The Kier molecular flexibility index (Phi) is 5.90. The van der Waals surface area contributed by atoms with Crippen LogP contribution in [0.2, 0.25) is 0 Å². The lowest BCUT2D eigenvalue weighted by Crippen LogP contribution is -2.25. The zero-order valence-corrected chi connectivity index (χ0v) is 20.4. The van der Waals surface area contributed by atoms with E-state index in [1.165, 1.54) is 0 Å². The van der Waals surface area contributed by atoms with E-state index in [4.69, 9.17) is 18.9 Å². The number of methoxy groups -OCH3 is 2. The summed E-state index contributed by atoms with van der Waals surface area (Å²) in [6, 6.07) is 15.4. The minimum Gasteiger partial charge on any atom is -0.497 e. The molecule has 3 heterocycles. The van der Waals surface area contributed by atoms with Gasteiger partial charge in [-0.05, 0) is 63.5 Å². The van der Waals surface area contributed by atoms with Crippen molar-refractivity contribution < 1.29 is 23.7 Å². The molecule has 0 spiro atoms. The largest absolute Gasteiger partial charge is 0.497 e. The fraction of sp³-hybridized carbons (Fsp3) is 0.208. The summed E-state index contributed by atoms with van der Waals surface area (Å²) in [5.74, 6) is 2.67. The molecule has 0 fully saturated rings. The zero-order valence-electron chi connectivity index (χ0n) is 18.0. The van der Waals surface area contributed by atoms with Gasteiger partial charge in [0.05, 0.1) is 28.2 Å². The number of halogens is 1. The lowest BCUT2D eigenvalue weighted by atomic mass is 10.2. The number of nitrogens with one attached hydrogen (secondary N) is 1. The van der Waals surface area contributed by atoms with Gasteiger partial charge in [0.2, 0.25) is 6.79 Å². The Morgan fingerprint density at radius 3 is 2.55 bits per heavy atom. The molecule has 2 aromatic heterocycles. The summed E-state index contributed by atoms with van der Waals surface area (Å²) in [4.78, 5) is 13.2. The molecule has 0 saturated heterocycles. The number of hydrogen-bond donors (Lipinski definition) is 1. The van der Waals surface area contributed by atoms with E-state index in [0.29, 0.717) is 36.0 Å². The average molecular weight is 529 g/mol. The summed E-state index contributed by atoms with van der Waals surface area (Å²) in [7, 11) is 3.24. The van der Waals surface area contributed by atoms with Gasteiger partial charge in [0, 0.05) is 19.2 Å². The molecule has 1 aliphatic rings. The van der Waals surface area contributed by atoms with Crippen LogP contribution in [-0.2, 0) is 13.1 Å². The molecule has 7 nitrogen and oxygen atoms in total. The molecule has 1 amide bonds. The van der Waals surface area contributed by atoms with Crippen molar-refractivity contribution in [2.45, 2.75) is 13.1 Å². The predicted octanol–water partition coefficient (Wildman–Crippen LogP) is 5.19. The first-order chi connectivity index (χ1) is 16.0. The summed E-state index contributed by atoms with van der Waals surface area (Å²) in [6.45, 7) is 1.10. The maximum atomic E-state index is 13.2. The van der Waals surface area contributed by atoms with Crippen molar-refractivity contribution in [1.82, 2.24) is 9.88 Å². The van der Waals surface area contributed by atoms with Crippen molar-refractivity contribution in [3.05, 3.63) is 69.1 Å². The molecule has 0 saturated carbocycles. The highest BCUT2D eigenvalue weighted by molar-refractivity contribution is 9.11. The van der Waals surface area contributed by atoms with Gasteiger partial charge >= 0.3 is 0 Å². The summed E-state index contributed by atoms with van der Waals surface area (Å²) in [6.07, 6.45) is 0. The number of carbonyl (C=O) groups is 1. The molecule has 170 valence electrons. The van der Waals surface area contributed by atoms with Gasteiger partial charge in [0.1, 0.15) is 17.2 Å². The van der Waals surface area contributed by atoms with Gasteiger partial charge in [0.25, 0.3) is 5.91 Å². The number of aromatic nitrogens is 1. The second kappa shape index (κ2) is 8.99. The van der Waals surface area contributed by atoms with Crippen LogP contribution in [0.15, 0.2) is 52.3 Å². The fourth-order valence-corrected chi connectivity index (χ4v) is 5.40. The number of nitrogens with zero attached hydrogens (tertiary/aromatic N) is 1. The molecule has 1 aliphatic heterocycles. The monoisotopic (exact) mass is 528 g/mol. The molecule has 0 unspecified atom stereocenters. The van der Waals surface area contributed by atoms with Gasteiger partial charge in [-0.3, -0.25) is 4.79 Å². The summed E-state index contributed by atoms with van der Waals surface area (Å²) >= 11 is 5.15. The lowest BCUT2D eigenvalue weighted by Gasteiger charge is -2.13. The van der Waals surface area contributed by atoms with E-state index in [-0.39, 0.29) is 12.7 Å². The van der Waals surface area contributed by atoms with Crippen molar-refractivity contribution in [1.29, 1.82) is 0 Å². The number of amides is 1. The molecule has 4 aromatic rings. The van der Waals surface area contributed by atoms with E-state index in [9.17, 15) is 4.79 Å². The standard InChI is InChI=1S/C24H21BrN2O5S/c1-29-16-5-15(6-17(8-16)30-2)12-27-18-10-23(25)33-22(18)9-19(27)24(28)26-11-14-3-4-20-21(7-14)32-13-31-20/h3-10H,11-13H2,1-2H3,(H,26,28). The summed E-state index contributed by atoms with van der Waals surface area (Å²) < 4.78 is 25.7. The quantitative estimate of drug-likeness (QED) is 0.357. The smallest absolute Gasteiger partial charge is 0.268 e. The first-order valence-corrected chi connectivity index (χ1v) is 11.8. The molecule has 0 atom stereocenters. The van der Waals surface area contributed by atoms with Crippen LogP contribution in [0.25, 0.3) is 10.2 Å². The van der Waals surface area contributed by atoms with Crippen LogP contribution in [0, 0.1) is 0 Å². The molecule has 0 aliphatic carbocycles. The van der Waals surface area contributed by atoms with E-state index in [2.05, 4.69) is 21.2 Å².